The Hall–Kier alpha value is -1.42. The van der Waals surface area contributed by atoms with E-state index in [4.69, 9.17) is 0 Å². The van der Waals surface area contributed by atoms with Gasteiger partial charge in [0.25, 0.3) is 0 Å². The Labute approximate surface area is 125 Å². The Morgan fingerprint density at radius 3 is 2.67 bits per heavy atom. The number of nitrogens with zero attached hydrogens (tertiary/aromatic N) is 1. The average Bonchev–Trinajstić information content (AvgIpc) is 3.32. The number of carbonyl (C=O) groups is 1. The molecular formula is C17H23FN2O. The van der Waals surface area contributed by atoms with Gasteiger partial charge in [0.05, 0.1) is 12.6 Å². The molecule has 1 atom stereocenters. The SMILES string of the molecule is O=C(CNCC1CC1)N1CCCCC1c1ccc(F)cc1. The Morgan fingerprint density at radius 2 is 1.95 bits per heavy atom. The number of amides is 1. The molecule has 1 saturated carbocycles. The van der Waals surface area contributed by atoms with Crippen molar-refractivity contribution in [3.8, 4) is 0 Å². The van der Waals surface area contributed by atoms with Crippen LogP contribution >= 0.6 is 0 Å². The van der Waals surface area contributed by atoms with Gasteiger partial charge in [0, 0.05) is 6.54 Å². The lowest BCUT2D eigenvalue weighted by Crippen LogP contribution is -2.43. The highest BCUT2D eigenvalue weighted by molar-refractivity contribution is 5.78. The van der Waals surface area contributed by atoms with Crippen molar-refractivity contribution in [3.63, 3.8) is 0 Å². The number of halogens is 1. The van der Waals surface area contributed by atoms with Crippen LogP contribution in [-0.2, 0) is 4.79 Å². The second kappa shape index (κ2) is 6.56. The summed E-state index contributed by atoms with van der Waals surface area (Å²) in [6.45, 7) is 2.20. The third-order valence-electron chi connectivity index (χ3n) is 4.48. The number of carbonyl (C=O) groups excluding carboxylic acids is 1. The fraction of sp³-hybridized carbons (Fsp3) is 0.588. The fourth-order valence-electron chi connectivity index (χ4n) is 3.07. The number of piperidine rings is 1. The topological polar surface area (TPSA) is 32.3 Å². The number of likely N-dealkylation sites (tertiary alicyclic amines) is 1. The predicted molar refractivity (Wildman–Crippen MR) is 80.3 cm³/mol. The van der Waals surface area contributed by atoms with E-state index >= 15 is 0 Å². The van der Waals surface area contributed by atoms with Crippen LogP contribution in [0.3, 0.4) is 0 Å². The zero-order valence-corrected chi connectivity index (χ0v) is 12.4. The standard InChI is InChI=1S/C17H23FN2O/c18-15-8-6-14(7-9-15)16-3-1-2-10-20(16)17(21)12-19-11-13-4-5-13/h6-9,13,16,19H,1-5,10-12H2. The van der Waals surface area contributed by atoms with E-state index in [0.717, 1.165) is 43.8 Å². The Bertz CT molecular complexity index is 484. The lowest BCUT2D eigenvalue weighted by molar-refractivity contribution is -0.134. The first kappa shape index (κ1) is 14.5. The molecule has 3 rings (SSSR count). The second-order valence-electron chi connectivity index (χ2n) is 6.22. The molecule has 1 amide bonds. The summed E-state index contributed by atoms with van der Waals surface area (Å²) < 4.78 is 13.1. The summed E-state index contributed by atoms with van der Waals surface area (Å²) in [5.74, 6) is 0.732. The summed E-state index contributed by atoms with van der Waals surface area (Å²) in [7, 11) is 0. The van der Waals surface area contributed by atoms with Crippen LogP contribution < -0.4 is 5.32 Å². The molecule has 1 aromatic carbocycles. The van der Waals surface area contributed by atoms with E-state index in [-0.39, 0.29) is 17.8 Å². The first-order chi connectivity index (χ1) is 10.2. The Balaban J connectivity index is 1.62. The first-order valence-electron chi connectivity index (χ1n) is 7.99. The molecule has 1 saturated heterocycles. The van der Waals surface area contributed by atoms with Gasteiger partial charge in [-0.15, -0.1) is 0 Å². The quantitative estimate of drug-likeness (QED) is 0.904. The van der Waals surface area contributed by atoms with Gasteiger partial charge in [-0.25, -0.2) is 4.39 Å². The molecule has 4 heteroatoms. The summed E-state index contributed by atoms with van der Waals surface area (Å²) >= 11 is 0. The van der Waals surface area contributed by atoms with Gasteiger partial charge in [0.2, 0.25) is 5.91 Å². The van der Waals surface area contributed by atoms with Gasteiger partial charge in [-0.2, -0.15) is 0 Å². The minimum absolute atomic E-state index is 0.106. The van der Waals surface area contributed by atoms with Crippen molar-refractivity contribution in [2.24, 2.45) is 5.92 Å². The molecule has 2 fully saturated rings. The minimum atomic E-state index is -0.224. The third-order valence-corrected chi connectivity index (χ3v) is 4.48. The summed E-state index contributed by atoms with van der Waals surface area (Å²) in [5.41, 5.74) is 1.05. The molecule has 1 aliphatic heterocycles. The van der Waals surface area contributed by atoms with Gasteiger partial charge in [-0.05, 0) is 62.3 Å². The zero-order chi connectivity index (χ0) is 14.7. The van der Waals surface area contributed by atoms with E-state index in [1.54, 1.807) is 0 Å². The van der Waals surface area contributed by atoms with E-state index in [9.17, 15) is 9.18 Å². The molecule has 0 bridgehead atoms. The van der Waals surface area contributed by atoms with Crippen molar-refractivity contribution >= 4 is 5.91 Å². The lowest BCUT2D eigenvalue weighted by Gasteiger charge is -2.36. The first-order valence-corrected chi connectivity index (χ1v) is 7.99. The highest BCUT2D eigenvalue weighted by Crippen LogP contribution is 2.31. The van der Waals surface area contributed by atoms with Gasteiger partial charge in [-0.3, -0.25) is 4.79 Å². The third kappa shape index (κ3) is 3.82. The van der Waals surface area contributed by atoms with Crippen LogP contribution in [0.2, 0.25) is 0 Å². The van der Waals surface area contributed by atoms with Crippen LogP contribution in [0, 0.1) is 11.7 Å². The maximum Gasteiger partial charge on any atom is 0.237 e. The predicted octanol–water partition coefficient (Wildman–Crippen LogP) is 2.88. The highest BCUT2D eigenvalue weighted by atomic mass is 19.1. The molecule has 114 valence electrons. The molecule has 0 aromatic heterocycles. The minimum Gasteiger partial charge on any atom is -0.335 e. The lowest BCUT2D eigenvalue weighted by atomic mass is 9.95. The fourth-order valence-corrected chi connectivity index (χ4v) is 3.07. The molecule has 0 radical (unpaired) electrons. The van der Waals surface area contributed by atoms with Gasteiger partial charge >= 0.3 is 0 Å². The normalized spacial score (nSPS) is 22.3. The van der Waals surface area contributed by atoms with Crippen LogP contribution in [0.5, 0.6) is 0 Å². The second-order valence-corrected chi connectivity index (χ2v) is 6.22. The number of hydrogen-bond acceptors (Lipinski definition) is 2. The van der Waals surface area contributed by atoms with Crippen molar-refractivity contribution in [3.05, 3.63) is 35.6 Å². The summed E-state index contributed by atoms with van der Waals surface area (Å²) in [4.78, 5) is 14.4. The van der Waals surface area contributed by atoms with Gasteiger partial charge < -0.3 is 10.2 Å². The molecule has 1 unspecified atom stereocenters. The van der Waals surface area contributed by atoms with Crippen LogP contribution in [0.15, 0.2) is 24.3 Å². The monoisotopic (exact) mass is 290 g/mol. The van der Waals surface area contributed by atoms with Crippen LogP contribution in [0.1, 0.15) is 43.7 Å². The van der Waals surface area contributed by atoms with Crippen LogP contribution in [0.4, 0.5) is 4.39 Å². The van der Waals surface area contributed by atoms with E-state index in [1.165, 1.54) is 25.0 Å². The number of rotatable bonds is 5. The molecule has 1 aliphatic carbocycles. The molecule has 1 aromatic rings. The van der Waals surface area contributed by atoms with Crippen molar-refractivity contribution in [2.45, 2.75) is 38.1 Å². The van der Waals surface area contributed by atoms with Gasteiger partial charge in [-0.1, -0.05) is 12.1 Å². The summed E-state index contributed by atoms with van der Waals surface area (Å²) in [5, 5.41) is 3.27. The van der Waals surface area contributed by atoms with E-state index in [2.05, 4.69) is 5.32 Å². The number of hydrogen-bond donors (Lipinski definition) is 1. The smallest absolute Gasteiger partial charge is 0.237 e. The van der Waals surface area contributed by atoms with Crippen molar-refractivity contribution < 1.29 is 9.18 Å². The summed E-state index contributed by atoms with van der Waals surface area (Å²) in [6.07, 6.45) is 5.75. The molecule has 2 aliphatic rings. The van der Waals surface area contributed by atoms with Gasteiger partial charge in [0.15, 0.2) is 0 Å². The number of benzene rings is 1. The molecular weight excluding hydrogens is 267 g/mol. The van der Waals surface area contributed by atoms with Crippen molar-refractivity contribution in [1.82, 2.24) is 10.2 Å². The molecule has 1 heterocycles. The van der Waals surface area contributed by atoms with Crippen molar-refractivity contribution in [1.29, 1.82) is 0 Å². The maximum absolute atomic E-state index is 13.1. The van der Waals surface area contributed by atoms with Gasteiger partial charge in [0.1, 0.15) is 5.82 Å². The average molecular weight is 290 g/mol. The molecule has 1 N–H and O–H groups in total. The van der Waals surface area contributed by atoms with Crippen molar-refractivity contribution in [2.75, 3.05) is 19.6 Å². The van der Waals surface area contributed by atoms with Crippen LogP contribution in [-0.4, -0.2) is 30.4 Å². The molecule has 3 nitrogen and oxygen atoms in total. The highest BCUT2D eigenvalue weighted by Gasteiger charge is 2.28. The Kier molecular flexibility index (Phi) is 4.54. The largest absolute Gasteiger partial charge is 0.335 e. The van der Waals surface area contributed by atoms with E-state index in [1.807, 2.05) is 17.0 Å². The zero-order valence-electron chi connectivity index (χ0n) is 12.4. The Morgan fingerprint density at radius 1 is 1.19 bits per heavy atom. The van der Waals surface area contributed by atoms with E-state index in [0.29, 0.717) is 6.54 Å². The molecule has 21 heavy (non-hydrogen) atoms. The van der Waals surface area contributed by atoms with E-state index < -0.39 is 0 Å². The molecule has 0 spiro atoms. The van der Waals surface area contributed by atoms with Crippen LogP contribution in [0.25, 0.3) is 0 Å². The number of nitrogens with one attached hydrogen (secondary N) is 1. The summed E-state index contributed by atoms with van der Waals surface area (Å²) in [6, 6.07) is 6.69. The maximum atomic E-state index is 13.1.